The van der Waals surface area contributed by atoms with Crippen LogP contribution >= 0.6 is 22.9 Å². The number of rotatable bonds is 7. The molecule has 6 heteroatoms. The number of carboxylic acids is 1. The number of H-pyrrole nitrogens is 1. The number of hydrogen-bond acceptors (Lipinski definition) is 3. The molecule has 0 atom stereocenters. The third-order valence-corrected chi connectivity index (χ3v) is 6.69. The highest BCUT2D eigenvalue weighted by Crippen LogP contribution is 2.34. The Morgan fingerprint density at radius 3 is 2.60 bits per heavy atom. The first-order valence-electron chi connectivity index (χ1n) is 9.76. The Morgan fingerprint density at radius 2 is 1.93 bits per heavy atom. The normalized spacial score (nSPS) is 11.2. The second kappa shape index (κ2) is 8.54. The molecule has 0 bridgehead atoms. The molecule has 154 valence electrons. The molecule has 0 saturated heterocycles. The van der Waals surface area contributed by atoms with Gasteiger partial charge in [0.05, 0.1) is 12.1 Å². The number of hydrogen-bond donors (Lipinski definition) is 2. The zero-order valence-corrected chi connectivity index (χ0v) is 18.4. The van der Waals surface area contributed by atoms with E-state index in [0.717, 1.165) is 48.8 Å². The van der Waals surface area contributed by atoms with Gasteiger partial charge in [0.1, 0.15) is 11.4 Å². The van der Waals surface area contributed by atoms with Gasteiger partial charge in [-0.1, -0.05) is 35.9 Å². The lowest BCUT2D eigenvalue weighted by atomic mass is 10.0. The van der Waals surface area contributed by atoms with Crippen LogP contribution in [0.25, 0.3) is 21.3 Å². The summed E-state index contributed by atoms with van der Waals surface area (Å²) in [7, 11) is 0. The van der Waals surface area contributed by atoms with Gasteiger partial charge >= 0.3 is 5.97 Å². The largest absolute Gasteiger partial charge is 0.494 e. The number of carbonyl (C=O) groups is 1. The molecule has 0 radical (unpaired) electrons. The Bertz CT molecular complexity index is 1190. The van der Waals surface area contributed by atoms with E-state index in [1.165, 1.54) is 0 Å². The molecule has 2 heterocycles. The van der Waals surface area contributed by atoms with Gasteiger partial charge in [-0.15, -0.1) is 11.3 Å². The van der Waals surface area contributed by atoms with Crippen molar-refractivity contribution in [2.45, 2.75) is 26.7 Å². The topological polar surface area (TPSA) is 62.3 Å². The van der Waals surface area contributed by atoms with Crippen molar-refractivity contribution in [2.24, 2.45) is 0 Å². The van der Waals surface area contributed by atoms with Gasteiger partial charge in [-0.3, -0.25) is 0 Å². The maximum absolute atomic E-state index is 11.9. The second-order valence-electron chi connectivity index (χ2n) is 7.31. The molecule has 4 rings (SSSR count). The van der Waals surface area contributed by atoms with Crippen molar-refractivity contribution in [3.63, 3.8) is 0 Å². The number of para-hydroxylation sites is 1. The number of ether oxygens (including phenoxy) is 1. The summed E-state index contributed by atoms with van der Waals surface area (Å²) in [6.07, 6.45) is 1.32. The minimum atomic E-state index is -0.941. The van der Waals surface area contributed by atoms with Crippen LogP contribution in [0.2, 0.25) is 5.02 Å². The summed E-state index contributed by atoms with van der Waals surface area (Å²) in [5, 5.41) is 13.5. The summed E-state index contributed by atoms with van der Waals surface area (Å²) >= 11 is 7.86. The van der Waals surface area contributed by atoms with Crippen molar-refractivity contribution < 1.29 is 14.6 Å². The molecular formula is C24H22ClNO3S. The molecule has 2 aromatic heterocycles. The lowest BCUT2D eigenvalue weighted by molar-refractivity contribution is 0.0690. The van der Waals surface area contributed by atoms with Crippen LogP contribution in [0.5, 0.6) is 5.75 Å². The van der Waals surface area contributed by atoms with E-state index >= 15 is 0 Å². The van der Waals surface area contributed by atoms with Gasteiger partial charge in [-0.25, -0.2) is 4.79 Å². The number of thiophene rings is 1. The number of carboxylic acid groups (broad SMARTS) is 1. The summed E-state index contributed by atoms with van der Waals surface area (Å²) in [4.78, 5) is 16.1. The predicted octanol–water partition coefficient (Wildman–Crippen LogP) is 6.88. The van der Waals surface area contributed by atoms with Crippen LogP contribution < -0.4 is 4.74 Å². The standard InChI is InChI=1S/C24H22ClNO3S/c1-14-12-16(13-15(2)21(14)25)29-10-4-8-18-17-6-3-7-19(20-9-5-11-30-20)22(17)26-23(18)24(27)28/h3,5-7,9,11-13,26H,4,8,10H2,1-2H3,(H,27,28). The quantitative estimate of drug-likeness (QED) is 0.308. The first-order chi connectivity index (χ1) is 14.5. The maximum atomic E-state index is 11.9. The fourth-order valence-corrected chi connectivity index (χ4v) is 4.65. The summed E-state index contributed by atoms with van der Waals surface area (Å²) in [5.41, 5.74) is 4.95. The van der Waals surface area contributed by atoms with Crippen molar-refractivity contribution in [2.75, 3.05) is 6.61 Å². The van der Waals surface area contributed by atoms with Crippen LogP contribution in [-0.4, -0.2) is 22.7 Å². The van der Waals surface area contributed by atoms with Crippen LogP contribution in [0, 0.1) is 13.8 Å². The van der Waals surface area contributed by atoms with Gasteiger partial charge < -0.3 is 14.8 Å². The lowest BCUT2D eigenvalue weighted by Gasteiger charge is -2.10. The number of aromatic carboxylic acids is 1. The number of halogens is 1. The molecule has 2 N–H and O–H groups in total. The van der Waals surface area contributed by atoms with Crippen molar-refractivity contribution in [3.8, 4) is 16.2 Å². The van der Waals surface area contributed by atoms with E-state index in [0.29, 0.717) is 19.4 Å². The highest BCUT2D eigenvalue weighted by Gasteiger charge is 2.19. The average Bonchev–Trinajstić information content (AvgIpc) is 3.37. The van der Waals surface area contributed by atoms with Gasteiger partial charge in [0.15, 0.2) is 0 Å². The number of aryl methyl sites for hydroxylation is 3. The molecule has 0 fully saturated rings. The van der Waals surface area contributed by atoms with Crippen LogP contribution in [0.15, 0.2) is 47.8 Å². The zero-order valence-electron chi connectivity index (χ0n) is 16.8. The van der Waals surface area contributed by atoms with Gasteiger partial charge in [-0.05, 0) is 67.0 Å². The highest BCUT2D eigenvalue weighted by atomic mass is 35.5. The van der Waals surface area contributed by atoms with E-state index in [9.17, 15) is 9.90 Å². The Hall–Kier alpha value is -2.76. The first-order valence-corrected chi connectivity index (χ1v) is 11.0. The van der Waals surface area contributed by atoms with E-state index in [2.05, 4.69) is 4.98 Å². The Balaban J connectivity index is 1.56. The number of aromatic nitrogens is 1. The molecule has 4 nitrogen and oxygen atoms in total. The van der Waals surface area contributed by atoms with Crippen molar-refractivity contribution in [1.29, 1.82) is 0 Å². The third kappa shape index (κ3) is 3.95. The molecule has 0 aliphatic carbocycles. The van der Waals surface area contributed by atoms with Crippen molar-refractivity contribution in [1.82, 2.24) is 4.98 Å². The average molecular weight is 440 g/mol. The monoisotopic (exact) mass is 439 g/mol. The van der Waals surface area contributed by atoms with E-state index in [1.54, 1.807) is 11.3 Å². The van der Waals surface area contributed by atoms with Crippen molar-refractivity contribution in [3.05, 3.63) is 75.3 Å². The van der Waals surface area contributed by atoms with Crippen LogP contribution in [0.1, 0.15) is 33.6 Å². The molecule has 4 aromatic rings. The number of benzene rings is 2. The van der Waals surface area contributed by atoms with E-state index in [1.807, 2.05) is 61.7 Å². The molecule has 0 unspecified atom stereocenters. The molecule has 2 aromatic carbocycles. The number of aromatic amines is 1. The van der Waals surface area contributed by atoms with Crippen LogP contribution in [-0.2, 0) is 6.42 Å². The summed E-state index contributed by atoms with van der Waals surface area (Å²) in [5.74, 6) is -0.157. The number of nitrogens with one attached hydrogen (secondary N) is 1. The van der Waals surface area contributed by atoms with Gasteiger partial charge in [0.2, 0.25) is 0 Å². The summed E-state index contributed by atoms with van der Waals surface area (Å²) < 4.78 is 5.90. The molecule has 0 saturated carbocycles. The minimum absolute atomic E-state index is 0.257. The summed E-state index contributed by atoms with van der Waals surface area (Å²) in [6.45, 7) is 4.41. The Kier molecular flexibility index (Phi) is 5.84. The molecule has 30 heavy (non-hydrogen) atoms. The van der Waals surface area contributed by atoms with Gasteiger partial charge in [0, 0.05) is 20.8 Å². The fourth-order valence-electron chi connectivity index (χ4n) is 3.78. The minimum Gasteiger partial charge on any atom is -0.494 e. The Morgan fingerprint density at radius 1 is 1.17 bits per heavy atom. The molecule has 0 amide bonds. The molecular weight excluding hydrogens is 418 g/mol. The van der Waals surface area contributed by atoms with E-state index in [-0.39, 0.29) is 5.69 Å². The summed E-state index contributed by atoms with van der Waals surface area (Å²) in [6, 6.07) is 13.9. The molecule has 0 spiro atoms. The first kappa shape index (κ1) is 20.5. The van der Waals surface area contributed by atoms with Gasteiger partial charge in [0.25, 0.3) is 0 Å². The maximum Gasteiger partial charge on any atom is 0.352 e. The predicted molar refractivity (Wildman–Crippen MR) is 123 cm³/mol. The van der Waals surface area contributed by atoms with E-state index in [4.69, 9.17) is 16.3 Å². The molecule has 0 aliphatic rings. The smallest absolute Gasteiger partial charge is 0.352 e. The SMILES string of the molecule is Cc1cc(OCCCc2c(C(=O)O)[nH]c3c(-c4cccs4)cccc23)cc(C)c1Cl. The molecule has 0 aliphatic heterocycles. The van der Waals surface area contributed by atoms with Gasteiger partial charge in [-0.2, -0.15) is 0 Å². The van der Waals surface area contributed by atoms with Crippen LogP contribution in [0.3, 0.4) is 0 Å². The third-order valence-electron chi connectivity index (χ3n) is 5.19. The lowest BCUT2D eigenvalue weighted by Crippen LogP contribution is -2.04. The van der Waals surface area contributed by atoms with Crippen LogP contribution in [0.4, 0.5) is 0 Å². The highest BCUT2D eigenvalue weighted by molar-refractivity contribution is 7.13. The fraction of sp³-hybridized carbons (Fsp3) is 0.208. The zero-order chi connectivity index (χ0) is 21.3. The van der Waals surface area contributed by atoms with Crippen molar-refractivity contribution >= 4 is 39.8 Å². The second-order valence-corrected chi connectivity index (χ2v) is 8.64. The Labute approximate surface area is 184 Å². The number of fused-ring (bicyclic) bond motifs is 1. The van der Waals surface area contributed by atoms with E-state index < -0.39 is 5.97 Å².